The molecular formula is C23H17N5O4. The number of para-hydroxylation sites is 1. The number of nitro groups is 1. The molecule has 9 heteroatoms. The molecule has 2 aromatic heterocycles. The summed E-state index contributed by atoms with van der Waals surface area (Å²) in [5.74, 6) is 0.0164. The number of benzene rings is 2. The van der Waals surface area contributed by atoms with E-state index in [0.717, 1.165) is 10.9 Å². The maximum absolute atomic E-state index is 12.1. The Labute approximate surface area is 182 Å². The molecule has 0 fully saturated rings. The van der Waals surface area contributed by atoms with E-state index < -0.39 is 10.8 Å². The summed E-state index contributed by atoms with van der Waals surface area (Å²) >= 11 is 0. The Morgan fingerprint density at radius 1 is 1.09 bits per heavy atom. The minimum absolute atomic E-state index is 0.0577. The second kappa shape index (κ2) is 9.43. The molecule has 0 unspecified atom stereocenters. The predicted octanol–water partition coefficient (Wildman–Crippen LogP) is 3.73. The first-order chi connectivity index (χ1) is 15.6. The topological polar surface area (TPSA) is 120 Å². The molecule has 4 rings (SSSR count). The van der Waals surface area contributed by atoms with Crippen molar-refractivity contribution in [2.75, 3.05) is 6.61 Å². The highest BCUT2D eigenvalue weighted by molar-refractivity contribution is 5.84. The number of aromatic nitrogens is 2. The average molecular weight is 427 g/mol. The summed E-state index contributed by atoms with van der Waals surface area (Å²) in [7, 11) is 0. The highest BCUT2D eigenvalue weighted by Crippen LogP contribution is 2.29. The van der Waals surface area contributed by atoms with Gasteiger partial charge in [0.15, 0.2) is 12.3 Å². The zero-order valence-corrected chi connectivity index (χ0v) is 16.7. The molecule has 0 atom stereocenters. The molecule has 0 saturated carbocycles. The van der Waals surface area contributed by atoms with E-state index >= 15 is 0 Å². The van der Waals surface area contributed by atoms with Gasteiger partial charge in [0.2, 0.25) is 0 Å². The van der Waals surface area contributed by atoms with E-state index in [1.807, 2.05) is 36.4 Å². The molecule has 2 heterocycles. The van der Waals surface area contributed by atoms with Crippen LogP contribution in [0.5, 0.6) is 5.75 Å². The maximum Gasteiger partial charge on any atom is 0.277 e. The monoisotopic (exact) mass is 427 g/mol. The summed E-state index contributed by atoms with van der Waals surface area (Å²) in [5.41, 5.74) is 4.80. The minimum Gasteiger partial charge on any atom is -0.483 e. The van der Waals surface area contributed by atoms with E-state index in [4.69, 9.17) is 4.74 Å². The largest absolute Gasteiger partial charge is 0.483 e. The molecule has 1 N–H and O–H groups in total. The van der Waals surface area contributed by atoms with Crippen LogP contribution >= 0.6 is 0 Å². The summed E-state index contributed by atoms with van der Waals surface area (Å²) in [6.45, 7) is -0.269. The van der Waals surface area contributed by atoms with Crippen molar-refractivity contribution in [3.8, 4) is 17.0 Å². The first-order valence-corrected chi connectivity index (χ1v) is 9.60. The summed E-state index contributed by atoms with van der Waals surface area (Å²) < 4.78 is 5.68. The number of fused-ring (bicyclic) bond motifs is 1. The van der Waals surface area contributed by atoms with Gasteiger partial charge in [-0.05, 0) is 36.4 Å². The molecule has 9 nitrogen and oxygen atoms in total. The number of amides is 1. The van der Waals surface area contributed by atoms with Gasteiger partial charge in [0, 0.05) is 34.8 Å². The van der Waals surface area contributed by atoms with E-state index in [1.165, 1.54) is 24.4 Å². The van der Waals surface area contributed by atoms with Crippen LogP contribution in [0.3, 0.4) is 0 Å². The summed E-state index contributed by atoms with van der Waals surface area (Å²) in [5, 5.41) is 15.6. The average Bonchev–Trinajstić information content (AvgIpc) is 2.83. The number of hydrogen-bond donors (Lipinski definition) is 1. The Bertz CT molecular complexity index is 1320. The van der Waals surface area contributed by atoms with Crippen molar-refractivity contribution in [3.05, 3.63) is 94.7 Å². The number of rotatable bonds is 7. The standard InChI is InChI=1S/C23H17N5O4/c29-22(27-25-14-16-5-3-7-18(13-16)28(30)31)15-32-21-9-2-1-8-19(21)20-11-10-17-6-4-12-24-23(17)26-20/h1-14H,15H2,(H,27,29)/b25-14+. The van der Waals surface area contributed by atoms with Crippen LogP contribution in [0.15, 0.2) is 84.1 Å². The Hall–Kier alpha value is -4.66. The maximum atomic E-state index is 12.1. The van der Waals surface area contributed by atoms with Crippen molar-refractivity contribution in [1.82, 2.24) is 15.4 Å². The van der Waals surface area contributed by atoms with Crippen LogP contribution in [0.2, 0.25) is 0 Å². The van der Waals surface area contributed by atoms with Crippen molar-refractivity contribution in [1.29, 1.82) is 0 Å². The van der Waals surface area contributed by atoms with E-state index in [9.17, 15) is 14.9 Å². The first kappa shape index (κ1) is 20.6. The van der Waals surface area contributed by atoms with Gasteiger partial charge in [0.1, 0.15) is 5.75 Å². The first-order valence-electron chi connectivity index (χ1n) is 9.60. The fourth-order valence-corrected chi connectivity index (χ4v) is 2.98. The zero-order chi connectivity index (χ0) is 22.3. The molecule has 0 saturated heterocycles. The van der Waals surface area contributed by atoms with Gasteiger partial charge in [-0.3, -0.25) is 14.9 Å². The molecule has 4 aromatic rings. The number of non-ortho nitro benzene ring substituents is 1. The molecule has 0 spiro atoms. The number of ether oxygens (including phenoxy) is 1. The lowest BCUT2D eigenvalue weighted by atomic mass is 10.1. The fraction of sp³-hybridized carbons (Fsp3) is 0.0435. The quantitative estimate of drug-likeness (QED) is 0.273. The number of hydrazone groups is 1. The third-order valence-corrected chi connectivity index (χ3v) is 4.47. The Morgan fingerprint density at radius 2 is 1.97 bits per heavy atom. The lowest BCUT2D eigenvalue weighted by Crippen LogP contribution is -2.24. The Morgan fingerprint density at radius 3 is 2.84 bits per heavy atom. The van der Waals surface area contributed by atoms with Gasteiger partial charge in [-0.25, -0.2) is 15.4 Å². The zero-order valence-electron chi connectivity index (χ0n) is 16.7. The van der Waals surface area contributed by atoms with Crippen molar-refractivity contribution in [2.24, 2.45) is 5.10 Å². The van der Waals surface area contributed by atoms with Crippen LogP contribution < -0.4 is 10.2 Å². The Kier molecular flexibility index (Phi) is 6.08. The number of carbonyl (C=O) groups excluding carboxylic acids is 1. The van der Waals surface area contributed by atoms with Crippen LogP contribution in [-0.2, 0) is 4.79 Å². The van der Waals surface area contributed by atoms with E-state index in [2.05, 4.69) is 20.5 Å². The molecule has 0 bridgehead atoms. The molecule has 158 valence electrons. The smallest absolute Gasteiger partial charge is 0.277 e. The molecule has 2 aromatic carbocycles. The van der Waals surface area contributed by atoms with Crippen LogP contribution in [0.4, 0.5) is 5.69 Å². The molecule has 1 amide bonds. The highest BCUT2D eigenvalue weighted by atomic mass is 16.6. The molecule has 32 heavy (non-hydrogen) atoms. The van der Waals surface area contributed by atoms with Crippen molar-refractivity contribution < 1.29 is 14.5 Å². The normalized spacial score (nSPS) is 10.9. The molecule has 0 aliphatic rings. The lowest BCUT2D eigenvalue weighted by Gasteiger charge is -2.10. The van der Waals surface area contributed by atoms with Gasteiger partial charge >= 0.3 is 0 Å². The number of pyridine rings is 2. The van der Waals surface area contributed by atoms with E-state index in [0.29, 0.717) is 22.7 Å². The number of nitrogens with zero attached hydrogens (tertiary/aromatic N) is 4. The number of hydrogen-bond acceptors (Lipinski definition) is 7. The third kappa shape index (κ3) is 4.90. The molecule has 0 aliphatic heterocycles. The van der Waals surface area contributed by atoms with Gasteiger partial charge in [-0.1, -0.05) is 24.3 Å². The van der Waals surface area contributed by atoms with Crippen LogP contribution in [0.1, 0.15) is 5.56 Å². The third-order valence-electron chi connectivity index (χ3n) is 4.47. The molecule has 0 radical (unpaired) electrons. The van der Waals surface area contributed by atoms with Crippen molar-refractivity contribution in [2.45, 2.75) is 0 Å². The fourth-order valence-electron chi connectivity index (χ4n) is 2.98. The van der Waals surface area contributed by atoms with Gasteiger partial charge in [-0.2, -0.15) is 5.10 Å². The number of carbonyl (C=O) groups is 1. The summed E-state index contributed by atoms with van der Waals surface area (Å²) in [6.07, 6.45) is 3.00. The SMILES string of the molecule is O=C(COc1ccccc1-c1ccc2cccnc2n1)N/N=C/c1cccc([N+](=O)[O-])c1. The van der Waals surface area contributed by atoms with Gasteiger partial charge in [0.05, 0.1) is 16.8 Å². The van der Waals surface area contributed by atoms with E-state index in [-0.39, 0.29) is 12.3 Å². The lowest BCUT2D eigenvalue weighted by molar-refractivity contribution is -0.384. The highest BCUT2D eigenvalue weighted by Gasteiger charge is 2.10. The van der Waals surface area contributed by atoms with Crippen LogP contribution in [0.25, 0.3) is 22.3 Å². The Balaban J connectivity index is 1.41. The summed E-state index contributed by atoms with van der Waals surface area (Å²) in [4.78, 5) is 31.3. The predicted molar refractivity (Wildman–Crippen MR) is 119 cm³/mol. The number of nitrogens with one attached hydrogen (secondary N) is 1. The molecular weight excluding hydrogens is 410 g/mol. The van der Waals surface area contributed by atoms with Crippen LogP contribution in [0, 0.1) is 10.1 Å². The van der Waals surface area contributed by atoms with Gasteiger partial charge in [-0.15, -0.1) is 0 Å². The van der Waals surface area contributed by atoms with Crippen molar-refractivity contribution in [3.63, 3.8) is 0 Å². The summed E-state index contributed by atoms with van der Waals surface area (Å²) in [6, 6.07) is 20.7. The molecule has 0 aliphatic carbocycles. The second-order valence-electron chi connectivity index (χ2n) is 6.68. The number of nitro benzene ring substituents is 1. The minimum atomic E-state index is -0.498. The van der Waals surface area contributed by atoms with Crippen molar-refractivity contribution >= 4 is 28.8 Å². The van der Waals surface area contributed by atoms with Gasteiger partial charge < -0.3 is 4.74 Å². The van der Waals surface area contributed by atoms with E-state index in [1.54, 1.807) is 24.4 Å². The second-order valence-corrected chi connectivity index (χ2v) is 6.68. The van der Waals surface area contributed by atoms with Gasteiger partial charge in [0.25, 0.3) is 11.6 Å². The van der Waals surface area contributed by atoms with Crippen LogP contribution in [-0.4, -0.2) is 33.6 Å².